The summed E-state index contributed by atoms with van der Waals surface area (Å²) in [5.74, 6) is -0.493. The smallest absolute Gasteiger partial charge is 0.255 e. The van der Waals surface area contributed by atoms with Crippen LogP contribution in [0.15, 0.2) is 54.6 Å². The third-order valence-electron chi connectivity index (χ3n) is 4.13. The Hall–Kier alpha value is -2.80. The minimum atomic E-state index is -0.554. The fourth-order valence-electron chi connectivity index (χ4n) is 2.72. The van der Waals surface area contributed by atoms with Crippen molar-refractivity contribution in [2.45, 2.75) is 0 Å². The Bertz CT molecular complexity index is 1220. The molecule has 0 unspecified atom stereocenters. The summed E-state index contributed by atoms with van der Waals surface area (Å²) < 4.78 is 13.3. The van der Waals surface area contributed by atoms with Crippen LogP contribution in [-0.2, 0) is 0 Å². The molecule has 0 aliphatic heterocycles. The van der Waals surface area contributed by atoms with Crippen LogP contribution >= 0.6 is 34.8 Å². The molecule has 0 saturated carbocycles. The number of rotatable bonds is 4. The Morgan fingerprint density at radius 2 is 1.72 bits per heavy atom. The number of halogens is 4. The number of aromatic amines is 1. The minimum Gasteiger partial charge on any atom is -0.324 e. The fraction of sp³-hybridized carbons (Fsp3) is 0. The average molecular weight is 450 g/mol. The van der Waals surface area contributed by atoms with Gasteiger partial charge in [-0.25, -0.2) is 9.37 Å². The second-order valence-corrected chi connectivity index (χ2v) is 7.34. The largest absolute Gasteiger partial charge is 0.324 e. The van der Waals surface area contributed by atoms with Crippen molar-refractivity contribution in [2.24, 2.45) is 0 Å². The van der Waals surface area contributed by atoms with Gasteiger partial charge in [-0.05, 0) is 48.5 Å². The van der Waals surface area contributed by atoms with Gasteiger partial charge in [0.05, 0.1) is 31.8 Å². The number of anilines is 3. The molecule has 3 N–H and O–H groups in total. The molecule has 1 aromatic heterocycles. The van der Waals surface area contributed by atoms with Crippen molar-refractivity contribution in [3.8, 4) is 0 Å². The van der Waals surface area contributed by atoms with Crippen molar-refractivity contribution < 1.29 is 9.18 Å². The first kappa shape index (κ1) is 19.5. The molecular formula is C20H12Cl3FN4O. The molecule has 5 nitrogen and oxygen atoms in total. The Morgan fingerprint density at radius 1 is 0.966 bits per heavy atom. The van der Waals surface area contributed by atoms with Crippen LogP contribution in [0.5, 0.6) is 0 Å². The van der Waals surface area contributed by atoms with E-state index >= 15 is 0 Å². The van der Waals surface area contributed by atoms with E-state index in [1.54, 1.807) is 36.4 Å². The molecule has 146 valence electrons. The molecule has 0 saturated heterocycles. The summed E-state index contributed by atoms with van der Waals surface area (Å²) in [6.45, 7) is 0. The molecule has 0 aliphatic carbocycles. The molecule has 0 radical (unpaired) electrons. The van der Waals surface area contributed by atoms with Crippen LogP contribution in [0.2, 0.25) is 15.1 Å². The maximum absolute atomic E-state index is 13.3. The number of fused-ring (bicyclic) bond motifs is 1. The second-order valence-electron chi connectivity index (χ2n) is 6.12. The standard InChI is InChI=1S/C20H12Cl3FN4O/c21-12-2-1-3-13(22)18(12)28-20-26-16-7-4-10(8-17(16)27-20)19(29)25-11-5-6-15(24)14(23)9-11/h1-9H,(H,25,29)(H2,26,27,28). The quantitative estimate of drug-likeness (QED) is 0.326. The number of carbonyl (C=O) groups excluding carboxylic acids is 1. The van der Waals surface area contributed by atoms with E-state index in [2.05, 4.69) is 20.6 Å². The molecular weight excluding hydrogens is 438 g/mol. The fourth-order valence-corrected chi connectivity index (χ4v) is 3.40. The van der Waals surface area contributed by atoms with Gasteiger partial charge in [-0.2, -0.15) is 0 Å². The second kappa shape index (κ2) is 7.91. The number of amides is 1. The van der Waals surface area contributed by atoms with Crippen molar-refractivity contribution in [3.05, 3.63) is 81.0 Å². The van der Waals surface area contributed by atoms with Gasteiger partial charge in [-0.15, -0.1) is 0 Å². The Morgan fingerprint density at radius 3 is 2.45 bits per heavy atom. The molecule has 4 aromatic rings. The topological polar surface area (TPSA) is 69.8 Å². The predicted molar refractivity (Wildman–Crippen MR) is 115 cm³/mol. The van der Waals surface area contributed by atoms with Crippen LogP contribution in [0.3, 0.4) is 0 Å². The highest BCUT2D eigenvalue weighted by atomic mass is 35.5. The summed E-state index contributed by atoms with van der Waals surface area (Å²) in [5.41, 5.74) is 2.60. The molecule has 0 bridgehead atoms. The van der Waals surface area contributed by atoms with E-state index in [9.17, 15) is 9.18 Å². The predicted octanol–water partition coefficient (Wildman–Crippen LogP) is 6.66. The van der Waals surface area contributed by atoms with Gasteiger partial charge in [-0.1, -0.05) is 40.9 Å². The Labute approximate surface area is 179 Å². The summed E-state index contributed by atoms with van der Waals surface area (Å²) in [6, 6.07) is 14.1. The molecule has 1 heterocycles. The third kappa shape index (κ3) is 4.15. The number of benzene rings is 3. The number of carbonyl (C=O) groups is 1. The van der Waals surface area contributed by atoms with E-state index in [1.165, 1.54) is 18.2 Å². The van der Waals surface area contributed by atoms with Crippen LogP contribution in [0, 0.1) is 5.82 Å². The molecule has 3 aromatic carbocycles. The Kier molecular flexibility index (Phi) is 5.32. The lowest BCUT2D eigenvalue weighted by Gasteiger charge is -2.07. The normalized spacial score (nSPS) is 10.9. The highest BCUT2D eigenvalue weighted by molar-refractivity contribution is 6.39. The maximum atomic E-state index is 13.3. The van der Waals surface area contributed by atoms with Crippen LogP contribution < -0.4 is 10.6 Å². The molecule has 0 fully saturated rings. The maximum Gasteiger partial charge on any atom is 0.255 e. The van der Waals surface area contributed by atoms with Crippen LogP contribution in [0.4, 0.5) is 21.7 Å². The number of nitrogens with one attached hydrogen (secondary N) is 3. The van der Waals surface area contributed by atoms with Crippen LogP contribution in [0.25, 0.3) is 11.0 Å². The molecule has 29 heavy (non-hydrogen) atoms. The summed E-state index contributed by atoms with van der Waals surface area (Å²) in [4.78, 5) is 20.0. The van der Waals surface area contributed by atoms with E-state index in [-0.39, 0.29) is 10.9 Å². The first-order valence-corrected chi connectivity index (χ1v) is 9.51. The molecule has 0 spiro atoms. The van der Waals surface area contributed by atoms with Gasteiger partial charge in [-0.3, -0.25) is 4.79 Å². The zero-order valence-electron chi connectivity index (χ0n) is 14.6. The van der Waals surface area contributed by atoms with Crippen molar-refractivity contribution >= 4 is 69.1 Å². The number of para-hydroxylation sites is 1. The van der Waals surface area contributed by atoms with Crippen LogP contribution in [-0.4, -0.2) is 15.9 Å². The number of imidazole rings is 1. The lowest BCUT2D eigenvalue weighted by molar-refractivity contribution is 0.102. The monoisotopic (exact) mass is 448 g/mol. The number of H-pyrrole nitrogens is 1. The van der Waals surface area contributed by atoms with E-state index in [0.717, 1.165) is 0 Å². The van der Waals surface area contributed by atoms with Gasteiger partial charge >= 0.3 is 0 Å². The lowest BCUT2D eigenvalue weighted by Crippen LogP contribution is -2.11. The third-order valence-corrected chi connectivity index (χ3v) is 5.05. The first-order chi connectivity index (χ1) is 13.9. The molecule has 0 aliphatic rings. The number of nitrogens with zero attached hydrogens (tertiary/aromatic N) is 1. The van der Waals surface area contributed by atoms with Crippen molar-refractivity contribution in [1.29, 1.82) is 0 Å². The Balaban J connectivity index is 1.58. The van der Waals surface area contributed by atoms with Gasteiger partial charge in [0.2, 0.25) is 5.95 Å². The van der Waals surface area contributed by atoms with E-state index < -0.39 is 5.82 Å². The number of hydrogen-bond acceptors (Lipinski definition) is 3. The lowest BCUT2D eigenvalue weighted by atomic mass is 10.2. The molecule has 9 heteroatoms. The summed E-state index contributed by atoms with van der Waals surface area (Å²) in [5, 5.41) is 6.57. The number of aromatic nitrogens is 2. The summed E-state index contributed by atoms with van der Waals surface area (Å²) >= 11 is 18.1. The highest BCUT2D eigenvalue weighted by Gasteiger charge is 2.12. The average Bonchev–Trinajstić information content (AvgIpc) is 3.09. The van der Waals surface area contributed by atoms with Gasteiger partial charge in [0.1, 0.15) is 5.82 Å². The van der Waals surface area contributed by atoms with Crippen molar-refractivity contribution in [2.75, 3.05) is 10.6 Å². The number of hydrogen-bond donors (Lipinski definition) is 3. The van der Waals surface area contributed by atoms with Crippen molar-refractivity contribution in [3.63, 3.8) is 0 Å². The highest BCUT2D eigenvalue weighted by Crippen LogP contribution is 2.32. The zero-order valence-corrected chi connectivity index (χ0v) is 16.8. The SMILES string of the molecule is O=C(Nc1ccc(F)c(Cl)c1)c1ccc2nc(Nc3c(Cl)cccc3Cl)[nH]c2c1. The first-order valence-electron chi connectivity index (χ1n) is 8.38. The summed E-state index contributed by atoms with van der Waals surface area (Å²) in [7, 11) is 0. The molecule has 0 atom stereocenters. The van der Waals surface area contributed by atoms with E-state index in [0.29, 0.717) is 44.0 Å². The minimum absolute atomic E-state index is 0.0687. The van der Waals surface area contributed by atoms with Gasteiger partial charge in [0.15, 0.2) is 0 Å². The van der Waals surface area contributed by atoms with Crippen LogP contribution in [0.1, 0.15) is 10.4 Å². The zero-order chi connectivity index (χ0) is 20.5. The van der Waals surface area contributed by atoms with Gasteiger partial charge < -0.3 is 15.6 Å². The van der Waals surface area contributed by atoms with E-state index in [1.807, 2.05) is 0 Å². The molecule has 1 amide bonds. The summed E-state index contributed by atoms with van der Waals surface area (Å²) in [6.07, 6.45) is 0. The van der Waals surface area contributed by atoms with Crippen molar-refractivity contribution in [1.82, 2.24) is 9.97 Å². The van der Waals surface area contributed by atoms with E-state index in [4.69, 9.17) is 34.8 Å². The molecule has 4 rings (SSSR count). The van der Waals surface area contributed by atoms with Gasteiger partial charge in [0, 0.05) is 11.3 Å². The van der Waals surface area contributed by atoms with Gasteiger partial charge in [0.25, 0.3) is 5.91 Å².